The van der Waals surface area contributed by atoms with Crippen molar-refractivity contribution in [1.29, 1.82) is 0 Å². The Hall–Kier alpha value is -1.20. The van der Waals surface area contributed by atoms with E-state index in [0.29, 0.717) is 0 Å². The van der Waals surface area contributed by atoms with E-state index in [1.165, 1.54) is 17.1 Å². The van der Waals surface area contributed by atoms with E-state index in [9.17, 15) is 14.7 Å². The Morgan fingerprint density at radius 2 is 1.32 bits per heavy atom. The van der Waals surface area contributed by atoms with Gasteiger partial charge in [0.1, 0.15) is 0 Å². The Morgan fingerprint density at radius 3 is 1.68 bits per heavy atom. The van der Waals surface area contributed by atoms with E-state index in [1.54, 1.807) is 0 Å². The molecule has 1 N–H and O–H groups in total. The molecule has 0 saturated heterocycles. The second-order valence-electron chi connectivity index (χ2n) is 4.10. The number of nitrogens with zero attached hydrogens (tertiary/aromatic N) is 1. The summed E-state index contributed by atoms with van der Waals surface area (Å²) >= 11 is 23.7. The third kappa shape index (κ3) is 3.58. The lowest BCUT2D eigenvalue weighted by Gasteiger charge is -2.22. The molecular formula is C14H11Cl4NO3. The first kappa shape index (κ1) is 18.8. The third-order valence-electron chi connectivity index (χ3n) is 2.68. The molecule has 0 bridgehead atoms. The van der Waals surface area contributed by atoms with Crippen molar-refractivity contribution in [2.45, 2.75) is 0 Å². The van der Waals surface area contributed by atoms with Crippen LogP contribution in [0, 0.1) is 0 Å². The maximum atomic E-state index is 12.6. The van der Waals surface area contributed by atoms with Gasteiger partial charge in [-0.15, -0.1) is 13.2 Å². The first-order valence-electron chi connectivity index (χ1n) is 5.88. The van der Waals surface area contributed by atoms with Gasteiger partial charge in [0, 0.05) is 13.1 Å². The summed E-state index contributed by atoms with van der Waals surface area (Å²) in [6.45, 7) is 7.40. The van der Waals surface area contributed by atoms with Crippen molar-refractivity contribution in [1.82, 2.24) is 4.90 Å². The summed E-state index contributed by atoms with van der Waals surface area (Å²) in [6.07, 6.45) is 2.96. The number of hydrogen-bond acceptors (Lipinski definition) is 2. The van der Waals surface area contributed by atoms with Crippen LogP contribution in [-0.2, 0) is 0 Å². The number of carbonyl (C=O) groups excluding carboxylic acids is 1. The Labute approximate surface area is 147 Å². The smallest absolute Gasteiger partial charge is 0.338 e. The Bertz CT molecular complexity index is 648. The number of rotatable bonds is 6. The van der Waals surface area contributed by atoms with Crippen LogP contribution in [0.4, 0.5) is 0 Å². The quantitative estimate of drug-likeness (QED) is 0.436. The molecule has 1 aromatic rings. The third-order valence-corrected chi connectivity index (χ3v) is 4.48. The van der Waals surface area contributed by atoms with E-state index < -0.39 is 17.4 Å². The van der Waals surface area contributed by atoms with Crippen molar-refractivity contribution in [3.05, 3.63) is 56.5 Å². The fourth-order valence-electron chi connectivity index (χ4n) is 1.74. The molecule has 0 heterocycles. The average Bonchev–Trinajstić information content (AvgIpc) is 2.47. The maximum Gasteiger partial charge on any atom is 0.338 e. The number of carbonyl (C=O) groups is 2. The van der Waals surface area contributed by atoms with Crippen LogP contribution in [0.3, 0.4) is 0 Å². The van der Waals surface area contributed by atoms with Crippen LogP contribution in [0.2, 0.25) is 20.1 Å². The van der Waals surface area contributed by atoms with Gasteiger partial charge >= 0.3 is 5.97 Å². The second kappa shape index (κ2) is 7.88. The van der Waals surface area contributed by atoms with Crippen LogP contribution in [0.15, 0.2) is 25.3 Å². The van der Waals surface area contributed by atoms with E-state index in [1.807, 2.05) is 0 Å². The second-order valence-corrected chi connectivity index (χ2v) is 5.61. The summed E-state index contributed by atoms with van der Waals surface area (Å²) in [5.74, 6) is -2.10. The largest absolute Gasteiger partial charge is 0.478 e. The maximum absolute atomic E-state index is 12.6. The van der Waals surface area contributed by atoms with Crippen LogP contribution in [0.5, 0.6) is 0 Å². The van der Waals surface area contributed by atoms with Crippen LogP contribution >= 0.6 is 46.4 Å². The number of carboxylic acids is 1. The monoisotopic (exact) mass is 381 g/mol. The first-order valence-corrected chi connectivity index (χ1v) is 7.39. The number of carboxylic acid groups (broad SMARTS) is 1. The molecule has 1 rings (SSSR count). The molecule has 0 aliphatic rings. The van der Waals surface area contributed by atoms with Crippen molar-refractivity contribution in [2.24, 2.45) is 0 Å². The van der Waals surface area contributed by atoms with Gasteiger partial charge in [-0.05, 0) is 0 Å². The highest BCUT2D eigenvalue weighted by Crippen LogP contribution is 2.42. The molecule has 0 aromatic heterocycles. The summed E-state index contributed by atoms with van der Waals surface area (Å²) in [5, 5.41) is 8.31. The number of halogens is 4. The fraction of sp³-hybridized carbons (Fsp3) is 0.143. The predicted molar refractivity (Wildman–Crippen MR) is 89.7 cm³/mol. The topological polar surface area (TPSA) is 57.6 Å². The highest BCUT2D eigenvalue weighted by Gasteiger charge is 2.30. The number of amides is 1. The highest BCUT2D eigenvalue weighted by molar-refractivity contribution is 6.54. The summed E-state index contributed by atoms with van der Waals surface area (Å²) in [4.78, 5) is 25.3. The van der Waals surface area contributed by atoms with Gasteiger partial charge in [-0.2, -0.15) is 0 Å². The minimum Gasteiger partial charge on any atom is -0.478 e. The van der Waals surface area contributed by atoms with Crippen LogP contribution in [0.25, 0.3) is 0 Å². The number of hydrogen-bond donors (Lipinski definition) is 1. The summed E-state index contributed by atoms with van der Waals surface area (Å²) < 4.78 is 0. The van der Waals surface area contributed by atoms with Crippen molar-refractivity contribution in [3.8, 4) is 0 Å². The van der Waals surface area contributed by atoms with Crippen LogP contribution in [0.1, 0.15) is 20.7 Å². The molecule has 0 radical (unpaired) electrons. The standard InChI is InChI=1S/C14H11Cl4NO3/c1-3-5-19(6-4-2)13(20)7-8(14(21)22)10(16)12(18)11(17)9(7)15/h3-4H,1-2,5-6H2,(H,21,22). The molecule has 0 aliphatic carbocycles. The van der Waals surface area contributed by atoms with E-state index >= 15 is 0 Å². The van der Waals surface area contributed by atoms with Gasteiger partial charge in [0.05, 0.1) is 31.2 Å². The zero-order valence-electron chi connectivity index (χ0n) is 11.2. The lowest BCUT2D eigenvalue weighted by Crippen LogP contribution is -2.33. The summed E-state index contributed by atoms with van der Waals surface area (Å²) in [6, 6.07) is 0. The van der Waals surface area contributed by atoms with Gasteiger partial charge in [0.15, 0.2) is 0 Å². The van der Waals surface area contributed by atoms with E-state index in [2.05, 4.69) is 13.2 Å². The summed E-state index contributed by atoms with van der Waals surface area (Å²) in [5.41, 5.74) is -0.818. The molecule has 1 aromatic carbocycles. The van der Waals surface area contributed by atoms with Crippen LogP contribution in [-0.4, -0.2) is 35.0 Å². The molecule has 1 amide bonds. The van der Waals surface area contributed by atoms with Gasteiger partial charge in [-0.3, -0.25) is 4.79 Å². The first-order chi connectivity index (χ1) is 10.3. The van der Waals surface area contributed by atoms with Crippen molar-refractivity contribution >= 4 is 58.3 Å². The van der Waals surface area contributed by atoms with E-state index in [-0.39, 0.29) is 38.7 Å². The Morgan fingerprint density at radius 1 is 0.909 bits per heavy atom. The Kier molecular flexibility index (Phi) is 6.75. The van der Waals surface area contributed by atoms with Gasteiger partial charge in [-0.25, -0.2) is 4.79 Å². The molecule has 0 fully saturated rings. The molecule has 0 saturated carbocycles. The lowest BCUT2D eigenvalue weighted by molar-refractivity contribution is 0.0681. The molecule has 0 spiro atoms. The SMILES string of the molecule is C=CCN(CC=C)C(=O)c1c(Cl)c(Cl)c(Cl)c(Cl)c1C(=O)O. The van der Waals surface area contributed by atoms with Crippen LogP contribution < -0.4 is 0 Å². The van der Waals surface area contributed by atoms with Gasteiger partial charge in [-0.1, -0.05) is 58.6 Å². The molecule has 0 unspecified atom stereocenters. The zero-order chi connectivity index (χ0) is 17.0. The Balaban J connectivity index is 3.63. The molecule has 8 heteroatoms. The molecule has 118 valence electrons. The predicted octanol–water partition coefficient (Wildman–Crippen LogP) is 4.81. The average molecular weight is 383 g/mol. The number of aromatic carboxylic acids is 1. The lowest BCUT2D eigenvalue weighted by atomic mass is 10.1. The van der Waals surface area contributed by atoms with Gasteiger partial charge < -0.3 is 10.0 Å². The molecule has 22 heavy (non-hydrogen) atoms. The highest BCUT2D eigenvalue weighted by atomic mass is 35.5. The van der Waals surface area contributed by atoms with Crippen molar-refractivity contribution < 1.29 is 14.7 Å². The molecule has 0 aliphatic heterocycles. The normalized spacial score (nSPS) is 10.2. The number of benzene rings is 1. The zero-order valence-corrected chi connectivity index (χ0v) is 14.2. The van der Waals surface area contributed by atoms with E-state index in [0.717, 1.165) is 0 Å². The van der Waals surface area contributed by atoms with Crippen molar-refractivity contribution in [2.75, 3.05) is 13.1 Å². The van der Waals surface area contributed by atoms with Crippen molar-refractivity contribution in [3.63, 3.8) is 0 Å². The molecular weight excluding hydrogens is 372 g/mol. The fourth-order valence-corrected chi connectivity index (χ4v) is 2.76. The van der Waals surface area contributed by atoms with Gasteiger partial charge in [0.25, 0.3) is 5.91 Å². The van der Waals surface area contributed by atoms with Gasteiger partial charge in [0.2, 0.25) is 0 Å². The minimum atomic E-state index is -1.44. The summed E-state index contributed by atoms with van der Waals surface area (Å²) in [7, 11) is 0. The molecule has 0 atom stereocenters. The molecule has 4 nitrogen and oxygen atoms in total. The van der Waals surface area contributed by atoms with E-state index in [4.69, 9.17) is 46.4 Å². The minimum absolute atomic E-state index is 0.165.